The molecule has 2 aliphatic carbocycles. The van der Waals surface area contributed by atoms with Gasteiger partial charge in [0.15, 0.2) is 0 Å². The maximum absolute atomic E-state index is 13.8. The molecule has 6 rings (SSSR count). The van der Waals surface area contributed by atoms with Crippen molar-refractivity contribution in [3.8, 4) is 5.75 Å². The van der Waals surface area contributed by atoms with E-state index in [1.54, 1.807) is 25.1 Å². The van der Waals surface area contributed by atoms with Crippen LogP contribution >= 0.6 is 11.6 Å². The summed E-state index contributed by atoms with van der Waals surface area (Å²) in [5.41, 5.74) is 3.62. The number of amides is 2. The lowest BCUT2D eigenvalue weighted by Crippen LogP contribution is -2.50. The van der Waals surface area contributed by atoms with E-state index in [0.29, 0.717) is 37.4 Å². The Labute approximate surface area is 285 Å². The van der Waals surface area contributed by atoms with Crippen molar-refractivity contribution >= 4 is 44.7 Å². The van der Waals surface area contributed by atoms with Gasteiger partial charge in [-0.15, -0.1) is 0 Å². The summed E-state index contributed by atoms with van der Waals surface area (Å²) in [4.78, 5) is 30.1. The van der Waals surface area contributed by atoms with E-state index in [0.717, 1.165) is 61.7 Å². The first-order chi connectivity index (χ1) is 22.5. The first-order valence-corrected chi connectivity index (χ1v) is 19.1. The minimum absolute atomic E-state index is 0.0216. The summed E-state index contributed by atoms with van der Waals surface area (Å²) in [6.07, 6.45) is 11.0. The van der Waals surface area contributed by atoms with Crippen LogP contribution in [0.1, 0.15) is 73.4 Å². The third-order valence-electron chi connectivity index (χ3n) is 10.8. The third-order valence-corrected chi connectivity index (χ3v) is 13.2. The van der Waals surface area contributed by atoms with E-state index in [2.05, 4.69) is 39.8 Å². The lowest BCUT2D eigenvalue weighted by atomic mass is 9.68. The van der Waals surface area contributed by atoms with Gasteiger partial charge >= 0.3 is 0 Å². The van der Waals surface area contributed by atoms with E-state index in [1.807, 2.05) is 25.1 Å². The van der Waals surface area contributed by atoms with Gasteiger partial charge in [0, 0.05) is 48.4 Å². The number of fused-ring (bicyclic) bond motifs is 4. The molecule has 0 radical (unpaired) electrons. The fourth-order valence-corrected chi connectivity index (χ4v) is 9.73. The van der Waals surface area contributed by atoms with Gasteiger partial charge in [-0.2, -0.15) is 0 Å². The lowest BCUT2D eigenvalue weighted by Gasteiger charge is -2.46. The zero-order valence-corrected chi connectivity index (χ0v) is 29.4. The fourth-order valence-electron chi connectivity index (χ4n) is 7.89. The summed E-state index contributed by atoms with van der Waals surface area (Å²) in [6, 6.07) is 11.8. The van der Waals surface area contributed by atoms with Crippen molar-refractivity contribution in [2.45, 2.75) is 75.1 Å². The molecule has 2 amide bonds. The summed E-state index contributed by atoms with van der Waals surface area (Å²) in [6.45, 7) is 4.01. The molecule has 1 unspecified atom stereocenters. The number of hydrogen-bond acceptors (Lipinski definition) is 6. The molecule has 254 valence electrons. The van der Waals surface area contributed by atoms with Gasteiger partial charge < -0.3 is 19.3 Å². The number of benzene rings is 2. The summed E-state index contributed by atoms with van der Waals surface area (Å²) in [5.74, 6) is 4.85. The van der Waals surface area contributed by atoms with Crippen molar-refractivity contribution in [3.05, 3.63) is 70.3 Å². The largest absolute Gasteiger partial charge is 0.490 e. The number of carbonyl (C=O) groups is 2. The topological polar surface area (TPSA) is 88.2 Å². The Morgan fingerprint density at radius 1 is 1.21 bits per heavy atom. The monoisotopic (exact) mass is 681 g/mol. The molecule has 0 aromatic heterocycles. The number of allylic oxidation sites excluding steroid dienone is 1. The average Bonchev–Trinajstić information content (AvgIpc) is 3.17. The number of anilines is 1. The number of carbonyl (C=O) groups excluding carboxylic acids is 2. The second-order valence-corrected chi connectivity index (χ2v) is 16.8. The smallest absolute Gasteiger partial charge is 0.262 e. The molecule has 10 heteroatoms. The van der Waals surface area contributed by atoms with E-state index in [9.17, 15) is 13.8 Å². The summed E-state index contributed by atoms with van der Waals surface area (Å²) in [7, 11) is 0.563. The van der Waals surface area contributed by atoms with Gasteiger partial charge in [-0.05, 0) is 111 Å². The highest BCUT2D eigenvalue weighted by Gasteiger charge is 2.44. The van der Waals surface area contributed by atoms with E-state index >= 15 is 0 Å². The normalized spacial score (nSPS) is 31.3. The first kappa shape index (κ1) is 33.9. The zero-order chi connectivity index (χ0) is 33.3. The van der Waals surface area contributed by atoms with Crippen LogP contribution in [0.4, 0.5) is 5.69 Å². The lowest BCUT2D eigenvalue weighted by molar-refractivity contribution is -0.137. The molecule has 2 aromatic rings. The third kappa shape index (κ3) is 7.08. The molecule has 2 bridgehead atoms. The predicted octanol–water partition coefficient (Wildman–Crippen LogP) is 5.80. The zero-order valence-electron chi connectivity index (χ0n) is 27.8. The Hall–Kier alpha value is -3.01. The Bertz CT molecular complexity index is 1640. The number of rotatable bonds is 4. The van der Waals surface area contributed by atoms with Crippen LogP contribution in [0.3, 0.4) is 0 Å². The molecule has 6 atom stereocenters. The summed E-state index contributed by atoms with van der Waals surface area (Å²) in [5, 5.41) is 0.464. The minimum atomic E-state index is -2.92. The summed E-state index contributed by atoms with van der Waals surface area (Å²) >= 11 is 6.45. The molecule has 2 aromatic carbocycles. The van der Waals surface area contributed by atoms with Gasteiger partial charge in [0.2, 0.25) is 5.91 Å². The van der Waals surface area contributed by atoms with Gasteiger partial charge in [-0.1, -0.05) is 36.7 Å². The minimum Gasteiger partial charge on any atom is -0.490 e. The number of likely N-dealkylation sites (N-methyl/N-ethyl adjacent to an activating group) is 1. The second-order valence-electron chi connectivity index (χ2n) is 14.0. The van der Waals surface area contributed by atoms with Crippen LogP contribution in [0.5, 0.6) is 5.75 Å². The molecule has 1 N–H and O–H groups in total. The fraction of sp³-hybridized carbons (Fsp3) is 0.541. The van der Waals surface area contributed by atoms with Crippen LogP contribution in [-0.4, -0.2) is 78.5 Å². The van der Waals surface area contributed by atoms with Crippen LogP contribution in [-0.2, 0) is 31.1 Å². The first-order valence-electron chi connectivity index (χ1n) is 17.0. The van der Waals surface area contributed by atoms with Crippen molar-refractivity contribution in [1.82, 2.24) is 9.62 Å². The highest BCUT2D eigenvalue weighted by Crippen LogP contribution is 2.47. The van der Waals surface area contributed by atoms with Crippen LogP contribution < -0.4 is 14.4 Å². The number of hydrogen-bond donors (Lipinski definition) is 1. The SMILES string of the molecule is C=S1(=O)NC(=O)c2ccc3c(c2)N(C[C@@H]2CC[C@H]2[C@@H](OCC(=O)N(C)C)/C=C/CC[C@H]1CC)C[C@@]1(CCCc2cc(Cl)ccc21)CO3. The van der Waals surface area contributed by atoms with Crippen molar-refractivity contribution in [1.29, 1.82) is 0 Å². The standard InChI is InChI=1S/C37H48ClN3O5S/c1-5-29-10-6-7-11-33(45-22-35(42)40(2)3)30-15-12-27(30)21-41-23-37(18-8-9-25-19-28(38)14-16-31(25)37)24-46-34-17-13-26(20-32(34)41)36(43)39-47(29,4)44/h7,11,13-14,16-17,19-20,27,29-30,33H,4-6,8-10,12,15,18,21-24H2,1-3H3,(H,39,43,44)/b11-7+/t27-,29+,30+,33-,37-,47?/m0/s1. The molecule has 1 spiro atoms. The molecular formula is C37H48ClN3O5S. The maximum atomic E-state index is 13.8. The van der Waals surface area contributed by atoms with Crippen molar-refractivity contribution in [3.63, 3.8) is 0 Å². The average molecular weight is 682 g/mol. The van der Waals surface area contributed by atoms with Crippen LogP contribution in [0, 0.1) is 11.8 Å². The molecule has 1 fully saturated rings. The molecule has 2 aliphatic heterocycles. The Morgan fingerprint density at radius 2 is 2.04 bits per heavy atom. The van der Waals surface area contributed by atoms with Crippen molar-refractivity contribution in [2.24, 2.45) is 11.8 Å². The Balaban J connectivity index is 1.40. The van der Waals surface area contributed by atoms with Crippen molar-refractivity contribution < 1.29 is 23.3 Å². The predicted molar refractivity (Wildman–Crippen MR) is 190 cm³/mol. The van der Waals surface area contributed by atoms with Crippen molar-refractivity contribution in [2.75, 3.05) is 45.3 Å². The summed E-state index contributed by atoms with van der Waals surface area (Å²) < 4.78 is 29.6. The van der Waals surface area contributed by atoms with E-state index in [4.69, 9.17) is 21.1 Å². The van der Waals surface area contributed by atoms with Gasteiger partial charge in [-0.3, -0.25) is 14.3 Å². The highest BCUT2D eigenvalue weighted by molar-refractivity contribution is 7.99. The van der Waals surface area contributed by atoms with Crippen LogP contribution in [0.2, 0.25) is 5.02 Å². The number of aryl methyl sites for hydroxylation is 1. The van der Waals surface area contributed by atoms with Gasteiger partial charge in [0.05, 0.1) is 28.1 Å². The quantitative estimate of drug-likeness (QED) is 0.324. The van der Waals surface area contributed by atoms with Gasteiger partial charge in [-0.25, -0.2) is 4.21 Å². The van der Waals surface area contributed by atoms with Crippen LogP contribution in [0.15, 0.2) is 48.6 Å². The van der Waals surface area contributed by atoms with E-state index in [-0.39, 0.29) is 41.1 Å². The molecular weight excluding hydrogens is 634 g/mol. The number of nitrogens with one attached hydrogen (secondary N) is 1. The Kier molecular flexibility index (Phi) is 9.98. The molecule has 2 heterocycles. The number of halogens is 1. The molecule has 4 aliphatic rings. The maximum Gasteiger partial charge on any atom is 0.262 e. The highest BCUT2D eigenvalue weighted by atomic mass is 35.5. The van der Waals surface area contributed by atoms with Gasteiger partial charge in [0.1, 0.15) is 12.4 Å². The molecule has 0 saturated heterocycles. The molecule has 47 heavy (non-hydrogen) atoms. The number of ether oxygens (including phenoxy) is 2. The van der Waals surface area contributed by atoms with E-state index in [1.165, 1.54) is 11.1 Å². The van der Waals surface area contributed by atoms with Gasteiger partial charge in [0.25, 0.3) is 5.91 Å². The second kappa shape index (κ2) is 13.8. The Morgan fingerprint density at radius 3 is 2.79 bits per heavy atom. The number of nitrogens with zero attached hydrogens (tertiary/aromatic N) is 2. The molecule has 1 saturated carbocycles. The van der Waals surface area contributed by atoms with Crippen LogP contribution in [0.25, 0.3) is 0 Å². The molecule has 8 nitrogen and oxygen atoms in total. The van der Waals surface area contributed by atoms with E-state index < -0.39 is 9.71 Å².